The van der Waals surface area contributed by atoms with Crippen molar-refractivity contribution >= 4 is 12.2 Å². The molecule has 0 radical (unpaired) electrons. The number of rotatable bonds is 1. The van der Waals surface area contributed by atoms with Crippen molar-refractivity contribution in [2.75, 3.05) is 0 Å². The molecule has 0 aliphatic carbocycles. The number of aromatic nitrogens is 2. The molecule has 1 N–H and O–H groups in total. The van der Waals surface area contributed by atoms with Gasteiger partial charge in [0.1, 0.15) is 16.2 Å². The maximum absolute atomic E-state index is 12.9. The van der Waals surface area contributed by atoms with Gasteiger partial charge >= 0.3 is 0 Å². The molecular formula is C11H9FN2S. The standard InChI is InChI=1S/C11H9FN2S/c1-7-6-8(12)2-3-9(7)10-11(15)14-5-4-13-10/h2-6H,1H3,(H,14,15). The van der Waals surface area contributed by atoms with Crippen LogP contribution >= 0.6 is 12.2 Å². The first-order chi connectivity index (χ1) is 7.18. The highest BCUT2D eigenvalue weighted by atomic mass is 32.1. The molecule has 15 heavy (non-hydrogen) atoms. The maximum atomic E-state index is 12.9. The number of benzene rings is 1. The zero-order valence-corrected chi connectivity index (χ0v) is 8.94. The van der Waals surface area contributed by atoms with Crippen LogP contribution in [0.3, 0.4) is 0 Å². The van der Waals surface area contributed by atoms with E-state index in [1.165, 1.54) is 12.1 Å². The zero-order valence-electron chi connectivity index (χ0n) is 8.12. The Bertz CT molecular complexity index is 548. The van der Waals surface area contributed by atoms with Gasteiger partial charge in [-0.25, -0.2) is 4.39 Å². The molecule has 0 bridgehead atoms. The summed E-state index contributed by atoms with van der Waals surface area (Å²) in [6.45, 7) is 1.84. The van der Waals surface area contributed by atoms with Crippen LogP contribution in [0.25, 0.3) is 11.3 Å². The fourth-order valence-corrected chi connectivity index (χ4v) is 1.67. The van der Waals surface area contributed by atoms with E-state index in [0.29, 0.717) is 10.3 Å². The summed E-state index contributed by atoms with van der Waals surface area (Å²) >= 11 is 5.11. The highest BCUT2D eigenvalue weighted by molar-refractivity contribution is 7.71. The van der Waals surface area contributed by atoms with Crippen molar-refractivity contribution in [2.45, 2.75) is 6.92 Å². The topological polar surface area (TPSA) is 28.7 Å². The molecule has 0 saturated carbocycles. The molecule has 0 aliphatic rings. The second kappa shape index (κ2) is 3.90. The second-order valence-corrected chi connectivity index (χ2v) is 3.63. The van der Waals surface area contributed by atoms with E-state index in [1.54, 1.807) is 18.5 Å². The van der Waals surface area contributed by atoms with Crippen LogP contribution in [0.2, 0.25) is 0 Å². The Morgan fingerprint density at radius 1 is 1.40 bits per heavy atom. The van der Waals surface area contributed by atoms with Crippen molar-refractivity contribution in [1.29, 1.82) is 0 Å². The zero-order chi connectivity index (χ0) is 10.8. The molecule has 0 atom stereocenters. The second-order valence-electron chi connectivity index (χ2n) is 3.23. The molecule has 0 aliphatic heterocycles. The average Bonchev–Trinajstić information content (AvgIpc) is 2.20. The van der Waals surface area contributed by atoms with E-state index in [2.05, 4.69) is 9.97 Å². The first kappa shape index (κ1) is 9.98. The lowest BCUT2D eigenvalue weighted by Gasteiger charge is -2.04. The van der Waals surface area contributed by atoms with Gasteiger partial charge in [0.15, 0.2) is 0 Å². The predicted octanol–water partition coefficient (Wildman–Crippen LogP) is 3.25. The molecular weight excluding hydrogens is 211 g/mol. The third-order valence-electron chi connectivity index (χ3n) is 2.15. The first-order valence-electron chi connectivity index (χ1n) is 4.48. The third kappa shape index (κ3) is 1.94. The van der Waals surface area contributed by atoms with E-state index in [4.69, 9.17) is 12.2 Å². The van der Waals surface area contributed by atoms with E-state index >= 15 is 0 Å². The number of nitrogens with zero attached hydrogens (tertiary/aromatic N) is 1. The summed E-state index contributed by atoms with van der Waals surface area (Å²) in [5.41, 5.74) is 2.37. The normalized spacial score (nSPS) is 10.3. The minimum atomic E-state index is -0.248. The summed E-state index contributed by atoms with van der Waals surface area (Å²) in [5, 5.41) is 0. The van der Waals surface area contributed by atoms with Crippen LogP contribution in [-0.4, -0.2) is 9.97 Å². The summed E-state index contributed by atoms with van der Waals surface area (Å²) in [7, 11) is 0. The quantitative estimate of drug-likeness (QED) is 0.747. The first-order valence-corrected chi connectivity index (χ1v) is 4.89. The van der Waals surface area contributed by atoms with Gasteiger partial charge in [-0.15, -0.1) is 0 Å². The van der Waals surface area contributed by atoms with Gasteiger partial charge in [-0.05, 0) is 30.7 Å². The Morgan fingerprint density at radius 3 is 2.87 bits per heavy atom. The molecule has 0 fully saturated rings. The molecule has 0 unspecified atom stereocenters. The van der Waals surface area contributed by atoms with Gasteiger partial charge in [-0.1, -0.05) is 12.2 Å². The maximum Gasteiger partial charge on any atom is 0.129 e. The van der Waals surface area contributed by atoms with E-state index < -0.39 is 0 Å². The van der Waals surface area contributed by atoms with Crippen LogP contribution in [0.4, 0.5) is 4.39 Å². The lowest BCUT2D eigenvalue weighted by molar-refractivity contribution is 0.627. The van der Waals surface area contributed by atoms with Gasteiger partial charge in [0.25, 0.3) is 0 Å². The van der Waals surface area contributed by atoms with Gasteiger partial charge < -0.3 is 4.98 Å². The van der Waals surface area contributed by atoms with Gasteiger partial charge in [0.2, 0.25) is 0 Å². The third-order valence-corrected chi connectivity index (χ3v) is 2.46. The van der Waals surface area contributed by atoms with Crippen molar-refractivity contribution in [1.82, 2.24) is 9.97 Å². The summed E-state index contributed by atoms with van der Waals surface area (Å²) in [6.07, 6.45) is 3.30. The number of halogens is 1. The number of aryl methyl sites for hydroxylation is 1. The van der Waals surface area contributed by atoms with Gasteiger partial charge in [-0.3, -0.25) is 4.98 Å². The van der Waals surface area contributed by atoms with Gasteiger partial charge in [-0.2, -0.15) is 0 Å². The van der Waals surface area contributed by atoms with E-state index in [0.717, 1.165) is 11.1 Å². The molecule has 4 heteroatoms. The Hall–Kier alpha value is -1.55. The number of aromatic amines is 1. The van der Waals surface area contributed by atoms with E-state index in [1.807, 2.05) is 6.92 Å². The summed E-state index contributed by atoms with van der Waals surface area (Å²) in [4.78, 5) is 7.08. The molecule has 0 amide bonds. The van der Waals surface area contributed by atoms with Crippen LogP contribution in [0.5, 0.6) is 0 Å². The Morgan fingerprint density at radius 2 is 2.20 bits per heavy atom. The smallest absolute Gasteiger partial charge is 0.129 e. The fraction of sp³-hybridized carbons (Fsp3) is 0.0909. The molecule has 2 rings (SSSR count). The fourth-order valence-electron chi connectivity index (χ4n) is 1.44. The molecule has 0 saturated heterocycles. The van der Waals surface area contributed by atoms with E-state index in [9.17, 15) is 4.39 Å². The molecule has 2 nitrogen and oxygen atoms in total. The van der Waals surface area contributed by atoms with Crippen LogP contribution in [0, 0.1) is 17.4 Å². The largest absolute Gasteiger partial charge is 0.350 e. The predicted molar refractivity (Wildman–Crippen MR) is 59.6 cm³/mol. The highest BCUT2D eigenvalue weighted by Crippen LogP contribution is 2.21. The Labute approximate surface area is 91.8 Å². The Balaban J connectivity index is 2.65. The number of H-pyrrole nitrogens is 1. The van der Waals surface area contributed by atoms with Crippen LogP contribution in [0.15, 0.2) is 30.6 Å². The van der Waals surface area contributed by atoms with Crippen LogP contribution in [0.1, 0.15) is 5.56 Å². The molecule has 2 aromatic rings. The summed E-state index contributed by atoms with van der Waals surface area (Å²) < 4.78 is 13.5. The lowest BCUT2D eigenvalue weighted by Crippen LogP contribution is -1.90. The molecule has 1 aromatic heterocycles. The Kier molecular flexibility index (Phi) is 2.60. The van der Waals surface area contributed by atoms with Crippen molar-refractivity contribution < 1.29 is 4.39 Å². The van der Waals surface area contributed by atoms with Crippen LogP contribution < -0.4 is 0 Å². The van der Waals surface area contributed by atoms with Gasteiger partial charge in [0, 0.05) is 18.0 Å². The highest BCUT2D eigenvalue weighted by Gasteiger charge is 2.05. The van der Waals surface area contributed by atoms with E-state index in [-0.39, 0.29) is 5.82 Å². The molecule has 1 heterocycles. The number of hydrogen-bond donors (Lipinski definition) is 1. The van der Waals surface area contributed by atoms with Crippen molar-refractivity contribution in [3.63, 3.8) is 0 Å². The summed E-state index contributed by atoms with van der Waals surface area (Å²) in [5.74, 6) is -0.248. The molecule has 1 aromatic carbocycles. The monoisotopic (exact) mass is 220 g/mol. The van der Waals surface area contributed by atoms with Crippen LogP contribution in [-0.2, 0) is 0 Å². The SMILES string of the molecule is Cc1cc(F)ccc1-c1ncc[nH]c1=S. The molecule has 76 valence electrons. The number of nitrogens with one attached hydrogen (secondary N) is 1. The lowest BCUT2D eigenvalue weighted by atomic mass is 10.1. The van der Waals surface area contributed by atoms with Gasteiger partial charge in [0.05, 0.1) is 0 Å². The minimum absolute atomic E-state index is 0.248. The number of hydrogen-bond acceptors (Lipinski definition) is 2. The average molecular weight is 220 g/mol. The van der Waals surface area contributed by atoms with Crippen molar-refractivity contribution in [2.24, 2.45) is 0 Å². The van der Waals surface area contributed by atoms with Crippen molar-refractivity contribution in [3.05, 3.63) is 46.6 Å². The summed E-state index contributed by atoms with van der Waals surface area (Å²) in [6, 6.07) is 4.57. The van der Waals surface area contributed by atoms with Crippen molar-refractivity contribution in [3.8, 4) is 11.3 Å². The molecule has 0 spiro atoms. The minimum Gasteiger partial charge on any atom is -0.350 e.